The number of hydrogen-bond donors (Lipinski definition) is 1. The Morgan fingerprint density at radius 2 is 2.00 bits per heavy atom. The van der Waals surface area contributed by atoms with E-state index in [1.54, 1.807) is 0 Å². The smallest absolute Gasteiger partial charge is 0.0583 e. The van der Waals surface area contributed by atoms with Gasteiger partial charge in [0.1, 0.15) is 0 Å². The molecule has 0 bridgehead atoms. The third kappa shape index (κ3) is 2.93. The molecule has 1 atom stereocenters. The van der Waals surface area contributed by atoms with Gasteiger partial charge in [0, 0.05) is 19.3 Å². The van der Waals surface area contributed by atoms with Crippen molar-refractivity contribution in [3.63, 3.8) is 0 Å². The van der Waals surface area contributed by atoms with E-state index in [4.69, 9.17) is 0 Å². The highest BCUT2D eigenvalue weighted by Gasteiger charge is 2.31. The lowest BCUT2D eigenvalue weighted by molar-refractivity contribution is 0.392. The first-order valence-electron chi connectivity index (χ1n) is 7.65. The van der Waals surface area contributed by atoms with Crippen molar-refractivity contribution < 1.29 is 0 Å². The minimum Gasteiger partial charge on any atom is -0.368 e. The van der Waals surface area contributed by atoms with E-state index < -0.39 is 0 Å². The van der Waals surface area contributed by atoms with Gasteiger partial charge in [-0.1, -0.05) is 30.3 Å². The molecule has 0 spiro atoms. The monoisotopic (exact) mass is 281 g/mol. The van der Waals surface area contributed by atoms with Crippen molar-refractivity contribution in [2.75, 3.05) is 24.5 Å². The summed E-state index contributed by atoms with van der Waals surface area (Å²) >= 11 is 0. The van der Waals surface area contributed by atoms with Gasteiger partial charge in [0.25, 0.3) is 0 Å². The van der Waals surface area contributed by atoms with Gasteiger partial charge < -0.3 is 10.2 Å². The Kier molecular flexibility index (Phi) is 3.93. The average Bonchev–Trinajstić information content (AvgIpc) is 2.72. The van der Waals surface area contributed by atoms with Gasteiger partial charge in [-0.25, -0.2) is 0 Å². The normalized spacial score (nSPS) is 22.9. The fourth-order valence-corrected chi connectivity index (χ4v) is 3.14. The summed E-state index contributed by atoms with van der Waals surface area (Å²) in [5.74, 6) is 0. The summed E-state index contributed by atoms with van der Waals surface area (Å²) in [5, 5.41) is 3.73. The SMILES string of the molecule is Cc1ccncc1N1CCCNC(C)(c2ccccc2)C1. The van der Waals surface area contributed by atoms with Crippen LogP contribution in [0.5, 0.6) is 0 Å². The molecule has 1 fully saturated rings. The summed E-state index contributed by atoms with van der Waals surface area (Å²) in [6.45, 7) is 7.54. The van der Waals surface area contributed by atoms with E-state index >= 15 is 0 Å². The van der Waals surface area contributed by atoms with E-state index in [1.165, 1.54) is 16.8 Å². The van der Waals surface area contributed by atoms with E-state index in [-0.39, 0.29) is 5.54 Å². The second kappa shape index (κ2) is 5.86. The summed E-state index contributed by atoms with van der Waals surface area (Å²) in [4.78, 5) is 6.78. The zero-order valence-electron chi connectivity index (χ0n) is 12.8. The van der Waals surface area contributed by atoms with Gasteiger partial charge in [-0.2, -0.15) is 0 Å². The van der Waals surface area contributed by atoms with Gasteiger partial charge >= 0.3 is 0 Å². The van der Waals surface area contributed by atoms with Crippen molar-refractivity contribution in [2.45, 2.75) is 25.8 Å². The minimum atomic E-state index is -0.0277. The summed E-state index contributed by atoms with van der Waals surface area (Å²) in [5.41, 5.74) is 3.86. The third-order valence-electron chi connectivity index (χ3n) is 4.39. The van der Waals surface area contributed by atoms with E-state index in [9.17, 15) is 0 Å². The van der Waals surface area contributed by atoms with Crippen LogP contribution in [0.25, 0.3) is 0 Å². The maximum atomic E-state index is 4.31. The first kappa shape index (κ1) is 14.1. The maximum absolute atomic E-state index is 4.31. The lowest BCUT2D eigenvalue weighted by atomic mass is 9.91. The Balaban J connectivity index is 1.93. The predicted molar refractivity (Wildman–Crippen MR) is 87.6 cm³/mol. The molecule has 0 aliphatic carbocycles. The summed E-state index contributed by atoms with van der Waals surface area (Å²) < 4.78 is 0. The molecule has 1 aliphatic heterocycles. The van der Waals surface area contributed by atoms with Crippen LogP contribution in [0.3, 0.4) is 0 Å². The number of pyridine rings is 1. The molecule has 1 aromatic heterocycles. The Hall–Kier alpha value is -1.87. The van der Waals surface area contributed by atoms with Crippen molar-refractivity contribution in [3.8, 4) is 0 Å². The topological polar surface area (TPSA) is 28.2 Å². The van der Waals surface area contributed by atoms with Crippen LogP contribution >= 0.6 is 0 Å². The molecule has 0 amide bonds. The van der Waals surface area contributed by atoms with Gasteiger partial charge in [0.2, 0.25) is 0 Å². The van der Waals surface area contributed by atoms with Crippen LogP contribution in [0.15, 0.2) is 48.8 Å². The molecule has 0 saturated carbocycles. The van der Waals surface area contributed by atoms with Gasteiger partial charge in [-0.3, -0.25) is 4.98 Å². The zero-order chi connectivity index (χ0) is 14.7. The Morgan fingerprint density at radius 3 is 2.76 bits per heavy atom. The predicted octanol–water partition coefficient (Wildman–Crippen LogP) is 3.11. The number of anilines is 1. The Morgan fingerprint density at radius 1 is 1.19 bits per heavy atom. The fourth-order valence-electron chi connectivity index (χ4n) is 3.14. The summed E-state index contributed by atoms with van der Waals surface area (Å²) in [6.07, 6.45) is 5.01. The molecular weight excluding hydrogens is 258 g/mol. The largest absolute Gasteiger partial charge is 0.368 e. The second-order valence-electron chi connectivity index (χ2n) is 6.06. The number of aromatic nitrogens is 1. The number of benzene rings is 1. The molecule has 3 nitrogen and oxygen atoms in total. The van der Waals surface area contributed by atoms with Crippen molar-refractivity contribution in [2.24, 2.45) is 0 Å². The van der Waals surface area contributed by atoms with Gasteiger partial charge in [0.15, 0.2) is 0 Å². The standard InChI is InChI=1S/C18H23N3/c1-15-9-11-19-13-17(15)21-12-6-10-20-18(2,14-21)16-7-4-3-5-8-16/h3-5,7-9,11,13,20H,6,10,12,14H2,1-2H3. The molecule has 2 aromatic rings. The van der Waals surface area contributed by atoms with Gasteiger partial charge in [0.05, 0.1) is 17.4 Å². The van der Waals surface area contributed by atoms with Crippen LogP contribution < -0.4 is 10.2 Å². The van der Waals surface area contributed by atoms with Crippen molar-refractivity contribution in [1.82, 2.24) is 10.3 Å². The minimum absolute atomic E-state index is 0.0277. The molecule has 110 valence electrons. The number of rotatable bonds is 2. The molecular formula is C18H23N3. The molecule has 1 aliphatic rings. The summed E-state index contributed by atoms with van der Waals surface area (Å²) in [6, 6.07) is 12.8. The van der Waals surface area contributed by atoms with Gasteiger partial charge in [-0.15, -0.1) is 0 Å². The maximum Gasteiger partial charge on any atom is 0.0583 e. The van der Waals surface area contributed by atoms with E-state index in [2.05, 4.69) is 65.4 Å². The fraction of sp³-hybridized carbons (Fsp3) is 0.389. The van der Waals surface area contributed by atoms with Crippen LogP contribution in [0.2, 0.25) is 0 Å². The van der Waals surface area contributed by atoms with E-state index in [0.717, 1.165) is 26.1 Å². The van der Waals surface area contributed by atoms with Crippen LogP contribution in [0.1, 0.15) is 24.5 Å². The van der Waals surface area contributed by atoms with Gasteiger partial charge in [-0.05, 0) is 44.0 Å². The second-order valence-corrected chi connectivity index (χ2v) is 6.06. The van der Waals surface area contributed by atoms with Crippen LogP contribution in [-0.4, -0.2) is 24.6 Å². The average molecular weight is 281 g/mol. The number of nitrogens with one attached hydrogen (secondary N) is 1. The molecule has 1 unspecified atom stereocenters. The Bertz CT molecular complexity index is 596. The quantitative estimate of drug-likeness (QED) is 0.917. The highest BCUT2D eigenvalue weighted by atomic mass is 15.2. The molecule has 1 saturated heterocycles. The molecule has 1 aromatic carbocycles. The Labute approximate surface area is 127 Å². The molecule has 3 heteroatoms. The molecule has 0 radical (unpaired) electrons. The van der Waals surface area contributed by atoms with Crippen molar-refractivity contribution in [1.29, 1.82) is 0 Å². The summed E-state index contributed by atoms with van der Waals surface area (Å²) in [7, 11) is 0. The highest BCUT2D eigenvalue weighted by Crippen LogP contribution is 2.28. The van der Waals surface area contributed by atoms with E-state index in [0.29, 0.717) is 0 Å². The number of nitrogens with zero attached hydrogens (tertiary/aromatic N) is 2. The van der Waals surface area contributed by atoms with Crippen LogP contribution in [-0.2, 0) is 5.54 Å². The highest BCUT2D eigenvalue weighted by molar-refractivity contribution is 5.52. The first-order chi connectivity index (χ1) is 10.2. The number of hydrogen-bond acceptors (Lipinski definition) is 3. The molecule has 2 heterocycles. The van der Waals surface area contributed by atoms with Crippen molar-refractivity contribution >= 4 is 5.69 Å². The molecule has 21 heavy (non-hydrogen) atoms. The number of aryl methyl sites for hydroxylation is 1. The van der Waals surface area contributed by atoms with E-state index in [1.807, 2.05) is 12.4 Å². The van der Waals surface area contributed by atoms with Crippen LogP contribution in [0.4, 0.5) is 5.69 Å². The molecule has 3 rings (SSSR count). The lowest BCUT2D eigenvalue weighted by Gasteiger charge is -2.35. The zero-order valence-corrected chi connectivity index (χ0v) is 12.8. The lowest BCUT2D eigenvalue weighted by Crippen LogP contribution is -2.46. The first-order valence-corrected chi connectivity index (χ1v) is 7.65. The van der Waals surface area contributed by atoms with Crippen LogP contribution in [0, 0.1) is 6.92 Å². The van der Waals surface area contributed by atoms with Crippen molar-refractivity contribution in [3.05, 3.63) is 59.9 Å². The molecule has 1 N–H and O–H groups in total. The third-order valence-corrected chi connectivity index (χ3v) is 4.39.